The summed E-state index contributed by atoms with van der Waals surface area (Å²) in [5, 5.41) is 3.29. The normalized spacial score (nSPS) is 12.3. The van der Waals surface area contributed by atoms with Gasteiger partial charge in [0.1, 0.15) is 0 Å². The highest BCUT2D eigenvalue weighted by molar-refractivity contribution is 5.20. The first-order chi connectivity index (χ1) is 8.90. The second kappa shape index (κ2) is 6.92. The molecule has 0 spiro atoms. The highest BCUT2D eigenvalue weighted by Crippen LogP contribution is 2.20. The van der Waals surface area contributed by atoms with Crippen molar-refractivity contribution in [2.45, 2.75) is 18.8 Å². The number of likely N-dealkylation sites (N-methyl/N-ethyl adjacent to an activating group) is 1. The van der Waals surface area contributed by atoms with Crippen LogP contribution in [0, 0.1) is 0 Å². The third-order valence-electron chi connectivity index (χ3n) is 3.25. The molecule has 0 saturated carbocycles. The van der Waals surface area contributed by atoms with Crippen molar-refractivity contribution in [1.82, 2.24) is 10.3 Å². The molecule has 0 fully saturated rings. The number of aryl methyl sites for hydroxylation is 1. The molecule has 2 rings (SSSR count). The Kier molecular flexibility index (Phi) is 4.91. The number of nitrogens with one attached hydrogen (secondary N) is 1. The fourth-order valence-corrected chi connectivity index (χ4v) is 2.25. The summed E-state index contributed by atoms with van der Waals surface area (Å²) in [6.45, 7) is 1.02. The Morgan fingerprint density at radius 1 is 1.06 bits per heavy atom. The molecule has 1 unspecified atom stereocenters. The van der Waals surface area contributed by atoms with Crippen molar-refractivity contribution in [3.63, 3.8) is 0 Å². The monoisotopic (exact) mass is 240 g/mol. The first-order valence-corrected chi connectivity index (χ1v) is 6.48. The van der Waals surface area contributed by atoms with Crippen LogP contribution in [-0.2, 0) is 6.42 Å². The van der Waals surface area contributed by atoms with Crippen LogP contribution in [0.15, 0.2) is 54.9 Å². The van der Waals surface area contributed by atoms with Crippen LogP contribution in [0.4, 0.5) is 0 Å². The van der Waals surface area contributed by atoms with Crippen LogP contribution in [-0.4, -0.2) is 18.6 Å². The molecule has 0 aliphatic rings. The van der Waals surface area contributed by atoms with Crippen LogP contribution in [0.1, 0.15) is 23.5 Å². The lowest BCUT2D eigenvalue weighted by Crippen LogP contribution is -2.17. The van der Waals surface area contributed by atoms with Gasteiger partial charge in [0.2, 0.25) is 0 Å². The predicted octanol–water partition coefficient (Wildman–Crippen LogP) is 3.02. The molecule has 0 amide bonds. The van der Waals surface area contributed by atoms with Gasteiger partial charge in [-0.05, 0) is 49.1 Å². The van der Waals surface area contributed by atoms with Gasteiger partial charge >= 0.3 is 0 Å². The molecule has 0 saturated heterocycles. The van der Waals surface area contributed by atoms with Gasteiger partial charge in [0, 0.05) is 18.9 Å². The van der Waals surface area contributed by atoms with Gasteiger partial charge in [-0.1, -0.05) is 30.3 Å². The van der Waals surface area contributed by atoms with E-state index < -0.39 is 0 Å². The van der Waals surface area contributed by atoms with Crippen molar-refractivity contribution >= 4 is 0 Å². The molecule has 1 atom stereocenters. The van der Waals surface area contributed by atoms with Crippen molar-refractivity contribution in [2.75, 3.05) is 13.6 Å². The quantitative estimate of drug-likeness (QED) is 0.839. The van der Waals surface area contributed by atoms with E-state index in [9.17, 15) is 0 Å². The van der Waals surface area contributed by atoms with Gasteiger partial charge in [-0.25, -0.2) is 0 Å². The van der Waals surface area contributed by atoms with E-state index in [2.05, 4.69) is 52.8 Å². The Bertz CT molecular complexity index is 439. The summed E-state index contributed by atoms with van der Waals surface area (Å²) in [5.41, 5.74) is 2.78. The molecule has 1 aromatic carbocycles. The molecule has 0 aliphatic carbocycles. The van der Waals surface area contributed by atoms with Crippen molar-refractivity contribution < 1.29 is 0 Å². The lowest BCUT2D eigenvalue weighted by Gasteiger charge is -2.17. The summed E-state index contributed by atoms with van der Waals surface area (Å²) >= 11 is 0. The fourth-order valence-electron chi connectivity index (χ4n) is 2.25. The van der Waals surface area contributed by atoms with Crippen LogP contribution < -0.4 is 5.32 Å². The molecule has 1 aromatic heterocycles. The second-order valence-electron chi connectivity index (χ2n) is 4.56. The molecule has 0 bridgehead atoms. The predicted molar refractivity (Wildman–Crippen MR) is 75.7 cm³/mol. The van der Waals surface area contributed by atoms with Gasteiger partial charge in [0.05, 0.1) is 0 Å². The lowest BCUT2D eigenvalue weighted by molar-refractivity contribution is 0.584. The van der Waals surface area contributed by atoms with Crippen LogP contribution in [0.25, 0.3) is 0 Å². The Hall–Kier alpha value is -1.67. The average Bonchev–Trinajstić information content (AvgIpc) is 2.45. The molecule has 1 heterocycles. The first kappa shape index (κ1) is 12.8. The van der Waals surface area contributed by atoms with Crippen LogP contribution in [0.5, 0.6) is 0 Å². The number of hydrogen-bond donors (Lipinski definition) is 1. The molecule has 94 valence electrons. The zero-order valence-electron chi connectivity index (χ0n) is 10.8. The first-order valence-electron chi connectivity index (χ1n) is 6.48. The molecule has 2 aromatic rings. The maximum Gasteiger partial charge on any atom is 0.0270 e. The average molecular weight is 240 g/mol. The standard InChI is InChI=1S/C16H20N2/c1-17-13-16(15-5-3-2-4-6-15)8-7-14-9-11-18-12-10-14/h2-6,9-12,16-17H,7-8,13H2,1H3. The van der Waals surface area contributed by atoms with Crippen LogP contribution in [0.3, 0.4) is 0 Å². The third kappa shape index (κ3) is 3.67. The molecule has 2 heteroatoms. The number of nitrogens with zero attached hydrogens (tertiary/aromatic N) is 1. The van der Waals surface area contributed by atoms with Gasteiger partial charge in [-0.3, -0.25) is 4.98 Å². The Labute approximate surface area is 109 Å². The number of pyridine rings is 1. The minimum Gasteiger partial charge on any atom is -0.319 e. The summed E-state index contributed by atoms with van der Waals surface area (Å²) in [5.74, 6) is 0.573. The van der Waals surface area contributed by atoms with E-state index in [1.807, 2.05) is 19.4 Å². The third-order valence-corrected chi connectivity index (χ3v) is 3.25. The Morgan fingerprint density at radius 2 is 1.78 bits per heavy atom. The number of hydrogen-bond acceptors (Lipinski definition) is 2. The molecule has 2 nitrogen and oxygen atoms in total. The highest BCUT2D eigenvalue weighted by Gasteiger charge is 2.10. The van der Waals surface area contributed by atoms with Crippen molar-refractivity contribution in [3.05, 3.63) is 66.0 Å². The minimum absolute atomic E-state index is 0.573. The van der Waals surface area contributed by atoms with Crippen molar-refractivity contribution in [2.24, 2.45) is 0 Å². The summed E-state index contributed by atoms with van der Waals surface area (Å²) < 4.78 is 0. The summed E-state index contributed by atoms with van der Waals surface area (Å²) in [6.07, 6.45) is 5.99. The maximum atomic E-state index is 4.05. The molecule has 1 N–H and O–H groups in total. The Balaban J connectivity index is 1.99. The van der Waals surface area contributed by atoms with E-state index in [4.69, 9.17) is 0 Å². The van der Waals surface area contributed by atoms with E-state index in [0.717, 1.165) is 19.4 Å². The molecule has 18 heavy (non-hydrogen) atoms. The number of aromatic nitrogens is 1. The van der Waals surface area contributed by atoms with Crippen molar-refractivity contribution in [3.8, 4) is 0 Å². The number of rotatable bonds is 6. The summed E-state index contributed by atoms with van der Waals surface area (Å²) in [7, 11) is 2.02. The van der Waals surface area contributed by atoms with E-state index in [1.54, 1.807) is 0 Å². The van der Waals surface area contributed by atoms with E-state index in [-0.39, 0.29) is 0 Å². The lowest BCUT2D eigenvalue weighted by atomic mass is 9.92. The SMILES string of the molecule is CNCC(CCc1ccncc1)c1ccccc1. The molecular formula is C16H20N2. The second-order valence-corrected chi connectivity index (χ2v) is 4.56. The number of benzene rings is 1. The van der Waals surface area contributed by atoms with E-state index in [0.29, 0.717) is 5.92 Å². The minimum atomic E-state index is 0.573. The molecular weight excluding hydrogens is 220 g/mol. The van der Waals surface area contributed by atoms with E-state index >= 15 is 0 Å². The fraction of sp³-hybridized carbons (Fsp3) is 0.312. The molecule has 0 aliphatic heterocycles. The largest absolute Gasteiger partial charge is 0.319 e. The smallest absolute Gasteiger partial charge is 0.0270 e. The maximum absolute atomic E-state index is 4.05. The molecule has 0 radical (unpaired) electrons. The van der Waals surface area contributed by atoms with Gasteiger partial charge in [0.15, 0.2) is 0 Å². The zero-order chi connectivity index (χ0) is 12.6. The highest BCUT2D eigenvalue weighted by atomic mass is 14.8. The summed E-state index contributed by atoms with van der Waals surface area (Å²) in [6, 6.07) is 14.9. The topological polar surface area (TPSA) is 24.9 Å². The Morgan fingerprint density at radius 3 is 2.44 bits per heavy atom. The van der Waals surface area contributed by atoms with E-state index in [1.165, 1.54) is 11.1 Å². The van der Waals surface area contributed by atoms with Crippen LogP contribution >= 0.6 is 0 Å². The van der Waals surface area contributed by atoms with Gasteiger partial charge in [0.25, 0.3) is 0 Å². The van der Waals surface area contributed by atoms with Gasteiger partial charge in [-0.2, -0.15) is 0 Å². The zero-order valence-corrected chi connectivity index (χ0v) is 10.8. The van der Waals surface area contributed by atoms with Crippen LogP contribution in [0.2, 0.25) is 0 Å². The van der Waals surface area contributed by atoms with Gasteiger partial charge < -0.3 is 5.32 Å². The van der Waals surface area contributed by atoms with Gasteiger partial charge in [-0.15, -0.1) is 0 Å². The summed E-state index contributed by atoms with van der Waals surface area (Å²) in [4.78, 5) is 4.05. The van der Waals surface area contributed by atoms with Crippen molar-refractivity contribution in [1.29, 1.82) is 0 Å².